The van der Waals surface area contributed by atoms with E-state index in [1.807, 2.05) is 17.8 Å². The van der Waals surface area contributed by atoms with Crippen LogP contribution in [0.1, 0.15) is 22.3 Å². The first-order valence-corrected chi connectivity index (χ1v) is 10.4. The number of hydrogen-bond donors (Lipinski definition) is 1. The molecule has 0 saturated carbocycles. The van der Waals surface area contributed by atoms with Gasteiger partial charge in [0.15, 0.2) is 0 Å². The van der Waals surface area contributed by atoms with Crippen molar-refractivity contribution in [1.29, 1.82) is 0 Å². The van der Waals surface area contributed by atoms with Crippen LogP contribution >= 0.6 is 11.8 Å². The van der Waals surface area contributed by atoms with Crippen LogP contribution in [0.4, 0.5) is 0 Å². The molecule has 1 spiro atoms. The predicted molar refractivity (Wildman–Crippen MR) is 116 cm³/mol. The van der Waals surface area contributed by atoms with Gasteiger partial charge < -0.3 is 9.68 Å². The third-order valence-electron chi connectivity index (χ3n) is 6.01. The standard InChI is InChI=1S/C25H16BO2S/c27-26-28-16-13-14-18-17-7-1-2-8-19(17)25(22(18)15-16)20-9-3-5-11-23(20)29-24-12-6-4-10-21(24)25/h1-15,27H. The Hall–Kier alpha value is -2.95. The fourth-order valence-corrected chi connectivity index (χ4v) is 6.16. The van der Waals surface area contributed by atoms with Crippen molar-refractivity contribution in [2.45, 2.75) is 15.2 Å². The van der Waals surface area contributed by atoms with Crippen LogP contribution < -0.4 is 4.65 Å². The molecular weight excluding hydrogens is 375 g/mol. The van der Waals surface area contributed by atoms with Crippen molar-refractivity contribution in [3.05, 3.63) is 113 Å². The summed E-state index contributed by atoms with van der Waals surface area (Å²) in [4.78, 5) is 2.54. The van der Waals surface area contributed by atoms with Crippen molar-refractivity contribution in [3.63, 3.8) is 0 Å². The lowest BCUT2D eigenvalue weighted by Gasteiger charge is -2.39. The quantitative estimate of drug-likeness (QED) is 0.400. The van der Waals surface area contributed by atoms with Crippen molar-refractivity contribution in [3.8, 4) is 16.9 Å². The molecule has 6 rings (SSSR count). The van der Waals surface area contributed by atoms with Crippen molar-refractivity contribution < 1.29 is 9.68 Å². The molecule has 29 heavy (non-hydrogen) atoms. The minimum absolute atomic E-state index is 0.404. The summed E-state index contributed by atoms with van der Waals surface area (Å²) in [5.41, 5.74) is 7.12. The van der Waals surface area contributed by atoms with Gasteiger partial charge in [-0.1, -0.05) is 78.5 Å². The maximum Gasteiger partial charge on any atom is 0.569 e. The van der Waals surface area contributed by atoms with E-state index >= 15 is 0 Å². The van der Waals surface area contributed by atoms with Gasteiger partial charge in [-0.05, 0) is 57.6 Å². The van der Waals surface area contributed by atoms with E-state index in [1.165, 1.54) is 43.2 Å². The zero-order valence-corrected chi connectivity index (χ0v) is 16.3. The zero-order valence-electron chi connectivity index (χ0n) is 15.5. The molecule has 1 heterocycles. The highest BCUT2D eigenvalue weighted by molar-refractivity contribution is 7.99. The average Bonchev–Trinajstić information content (AvgIpc) is 3.05. The largest absolute Gasteiger partial charge is 0.569 e. The van der Waals surface area contributed by atoms with E-state index in [0.717, 1.165) is 7.69 Å². The molecule has 4 heteroatoms. The Kier molecular flexibility index (Phi) is 3.67. The molecule has 1 aliphatic heterocycles. The summed E-state index contributed by atoms with van der Waals surface area (Å²) in [5, 5.41) is 9.21. The first-order chi connectivity index (χ1) is 14.3. The summed E-state index contributed by atoms with van der Waals surface area (Å²) in [6, 6.07) is 32.1. The Morgan fingerprint density at radius 1 is 0.655 bits per heavy atom. The molecule has 0 bridgehead atoms. The molecule has 4 aromatic rings. The fraction of sp³-hybridized carbons (Fsp3) is 0.0400. The highest BCUT2D eigenvalue weighted by Crippen LogP contribution is 2.62. The first-order valence-electron chi connectivity index (χ1n) is 9.58. The van der Waals surface area contributed by atoms with E-state index in [-0.39, 0.29) is 0 Å². The maximum absolute atomic E-state index is 9.21. The van der Waals surface area contributed by atoms with Crippen LogP contribution in [0.3, 0.4) is 0 Å². The van der Waals surface area contributed by atoms with Crippen molar-refractivity contribution in [1.82, 2.24) is 0 Å². The van der Waals surface area contributed by atoms with Crippen LogP contribution in [-0.4, -0.2) is 12.7 Å². The van der Waals surface area contributed by atoms with E-state index in [2.05, 4.69) is 84.9 Å². The first kappa shape index (κ1) is 17.0. The summed E-state index contributed by atoms with van der Waals surface area (Å²) in [6.07, 6.45) is 0. The summed E-state index contributed by atoms with van der Waals surface area (Å²) >= 11 is 1.83. The smallest absolute Gasteiger partial charge is 0.537 e. The van der Waals surface area contributed by atoms with Gasteiger partial charge in [0.05, 0.1) is 5.41 Å². The van der Waals surface area contributed by atoms with Crippen LogP contribution in [-0.2, 0) is 5.41 Å². The zero-order chi connectivity index (χ0) is 19.4. The lowest BCUT2D eigenvalue weighted by molar-refractivity contribution is 0.453. The van der Waals surface area contributed by atoms with Gasteiger partial charge in [-0.2, -0.15) is 0 Å². The molecule has 0 unspecified atom stereocenters. The fourth-order valence-electron chi connectivity index (χ4n) is 4.97. The molecule has 1 N–H and O–H groups in total. The van der Waals surface area contributed by atoms with Crippen LogP contribution in [0.2, 0.25) is 0 Å². The van der Waals surface area contributed by atoms with Crippen molar-refractivity contribution in [2.24, 2.45) is 0 Å². The normalized spacial score (nSPS) is 14.5. The summed E-state index contributed by atoms with van der Waals surface area (Å²) in [6.45, 7) is 0. The Bertz CT molecular complexity index is 1220. The SMILES string of the molecule is O[B]Oc1ccc2c(c1)C1(c3ccccc3Sc3ccccc31)c1ccccc1-2. The van der Waals surface area contributed by atoms with Crippen molar-refractivity contribution in [2.75, 3.05) is 0 Å². The van der Waals surface area contributed by atoms with Gasteiger partial charge in [0.25, 0.3) is 0 Å². The summed E-state index contributed by atoms with van der Waals surface area (Å²) < 4.78 is 5.37. The van der Waals surface area contributed by atoms with Gasteiger partial charge >= 0.3 is 7.69 Å². The van der Waals surface area contributed by atoms with Gasteiger partial charge in [-0.15, -0.1) is 0 Å². The molecule has 137 valence electrons. The van der Waals surface area contributed by atoms with E-state index in [0.29, 0.717) is 5.75 Å². The minimum Gasteiger partial charge on any atom is -0.537 e. The highest BCUT2D eigenvalue weighted by atomic mass is 32.2. The van der Waals surface area contributed by atoms with Crippen LogP contribution in [0, 0.1) is 0 Å². The molecule has 1 aliphatic carbocycles. The Morgan fingerprint density at radius 3 is 1.93 bits per heavy atom. The number of hydrogen-bond acceptors (Lipinski definition) is 3. The maximum atomic E-state index is 9.21. The Labute approximate surface area is 174 Å². The van der Waals surface area contributed by atoms with Gasteiger partial charge in [0, 0.05) is 9.79 Å². The Morgan fingerprint density at radius 2 is 1.24 bits per heavy atom. The summed E-state index contributed by atoms with van der Waals surface area (Å²) in [7, 11) is 0.745. The Balaban J connectivity index is 1.80. The summed E-state index contributed by atoms with van der Waals surface area (Å²) in [5.74, 6) is 0.631. The molecule has 0 saturated heterocycles. The third kappa shape index (κ3) is 2.19. The second-order valence-corrected chi connectivity index (χ2v) is 8.40. The molecule has 0 amide bonds. The lowest BCUT2D eigenvalue weighted by Crippen LogP contribution is -2.31. The second-order valence-electron chi connectivity index (χ2n) is 7.32. The molecule has 2 aliphatic rings. The van der Waals surface area contributed by atoms with Crippen LogP contribution in [0.5, 0.6) is 5.75 Å². The molecule has 0 atom stereocenters. The van der Waals surface area contributed by atoms with E-state index in [1.54, 1.807) is 0 Å². The number of benzene rings is 4. The highest BCUT2D eigenvalue weighted by Gasteiger charge is 2.50. The molecule has 1 radical (unpaired) electrons. The molecule has 4 aromatic carbocycles. The average molecular weight is 391 g/mol. The number of rotatable bonds is 2. The molecule has 2 nitrogen and oxygen atoms in total. The topological polar surface area (TPSA) is 29.5 Å². The van der Waals surface area contributed by atoms with Gasteiger partial charge in [0.1, 0.15) is 5.75 Å². The monoisotopic (exact) mass is 391 g/mol. The van der Waals surface area contributed by atoms with E-state index in [9.17, 15) is 5.02 Å². The van der Waals surface area contributed by atoms with Gasteiger partial charge in [-0.25, -0.2) is 0 Å². The van der Waals surface area contributed by atoms with Crippen molar-refractivity contribution >= 4 is 19.4 Å². The third-order valence-corrected chi connectivity index (χ3v) is 7.16. The van der Waals surface area contributed by atoms with Crippen LogP contribution in [0.25, 0.3) is 11.1 Å². The predicted octanol–water partition coefficient (Wildman–Crippen LogP) is 5.42. The minimum atomic E-state index is -0.404. The number of fused-ring (bicyclic) bond motifs is 9. The van der Waals surface area contributed by atoms with Gasteiger partial charge in [-0.3, -0.25) is 0 Å². The second kappa shape index (κ2) is 6.28. The molecule has 0 fully saturated rings. The van der Waals surface area contributed by atoms with Gasteiger partial charge in [0.2, 0.25) is 0 Å². The van der Waals surface area contributed by atoms with Crippen LogP contribution in [0.15, 0.2) is 101 Å². The molecule has 0 aromatic heterocycles. The van der Waals surface area contributed by atoms with E-state index < -0.39 is 5.41 Å². The van der Waals surface area contributed by atoms with E-state index in [4.69, 9.17) is 4.65 Å². The molecular formula is C25H16BO2S. The lowest BCUT2D eigenvalue weighted by atomic mass is 9.67.